The van der Waals surface area contributed by atoms with Crippen LogP contribution in [0.3, 0.4) is 0 Å². The van der Waals surface area contributed by atoms with E-state index >= 15 is 0 Å². The van der Waals surface area contributed by atoms with E-state index in [1.54, 1.807) is 49.4 Å². The minimum atomic E-state index is -4.16. The third-order valence-corrected chi connectivity index (χ3v) is 8.88. The summed E-state index contributed by atoms with van der Waals surface area (Å²) in [6.07, 6.45) is 3.97. The van der Waals surface area contributed by atoms with E-state index in [0.717, 1.165) is 35.6 Å². The maximum absolute atomic E-state index is 14.1. The highest BCUT2D eigenvalue weighted by molar-refractivity contribution is 7.92. The van der Waals surface area contributed by atoms with Crippen molar-refractivity contribution in [2.24, 2.45) is 0 Å². The molecule has 0 aliphatic heterocycles. The van der Waals surface area contributed by atoms with Gasteiger partial charge in [0, 0.05) is 12.6 Å². The van der Waals surface area contributed by atoms with Crippen LogP contribution in [-0.4, -0.2) is 50.4 Å². The first-order chi connectivity index (χ1) is 19.3. The zero-order valence-electron chi connectivity index (χ0n) is 23.0. The highest BCUT2D eigenvalue weighted by Crippen LogP contribution is 2.33. The average molecular weight is 564 g/mol. The Bertz CT molecular complexity index is 1380. The van der Waals surface area contributed by atoms with Gasteiger partial charge in [0.05, 0.1) is 17.2 Å². The van der Waals surface area contributed by atoms with Crippen molar-refractivity contribution in [3.05, 3.63) is 90.5 Å². The SMILES string of the molecule is CCOc1ccccc1N(CC(=O)N(Cc1ccccc1)[C@@H](C)C(=O)NC1CCCC1)S(=O)(=O)c1ccccc1. The summed E-state index contributed by atoms with van der Waals surface area (Å²) in [5.74, 6) is -0.397. The summed E-state index contributed by atoms with van der Waals surface area (Å²) in [7, 11) is -4.16. The molecule has 1 atom stereocenters. The van der Waals surface area contributed by atoms with Crippen molar-refractivity contribution in [2.45, 2.75) is 63.1 Å². The molecule has 40 heavy (non-hydrogen) atoms. The minimum Gasteiger partial charge on any atom is -0.492 e. The van der Waals surface area contributed by atoms with Crippen LogP contribution >= 0.6 is 0 Å². The summed E-state index contributed by atoms with van der Waals surface area (Å²) in [5.41, 5.74) is 1.09. The Labute approximate surface area is 237 Å². The summed E-state index contributed by atoms with van der Waals surface area (Å²) >= 11 is 0. The summed E-state index contributed by atoms with van der Waals surface area (Å²) in [6, 6.07) is 23.4. The lowest BCUT2D eigenvalue weighted by Gasteiger charge is -2.33. The second-order valence-corrected chi connectivity index (χ2v) is 11.8. The lowest BCUT2D eigenvalue weighted by molar-refractivity contribution is -0.139. The molecular formula is C31H37N3O5S. The summed E-state index contributed by atoms with van der Waals surface area (Å²) in [5, 5.41) is 3.08. The average Bonchev–Trinajstić information content (AvgIpc) is 3.49. The van der Waals surface area contributed by atoms with Crippen molar-refractivity contribution in [1.82, 2.24) is 10.2 Å². The normalized spacial score (nSPS) is 14.3. The Morgan fingerprint density at radius 2 is 1.52 bits per heavy atom. The Morgan fingerprint density at radius 1 is 0.925 bits per heavy atom. The van der Waals surface area contributed by atoms with E-state index in [1.807, 2.05) is 37.3 Å². The van der Waals surface area contributed by atoms with Gasteiger partial charge in [-0.05, 0) is 56.5 Å². The van der Waals surface area contributed by atoms with Gasteiger partial charge in [0.2, 0.25) is 11.8 Å². The molecule has 9 heteroatoms. The molecule has 8 nitrogen and oxygen atoms in total. The van der Waals surface area contributed by atoms with Gasteiger partial charge < -0.3 is 15.0 Å². The molecule has 3 aromatic rings. The van der Waals surface area contributed by atoms with Crippen molar-refractivity contribution < 1.29 is 22.7 Å². The third-order valence-electron chi connectivity index (χ3n) is 7.11. The number of rotatable bonds is 12. The monoisotopic (exact) mass is 563 g/mol. The van der Waals surface area contributed by atoms with Crippen LogP contribution < -0.4 is 14.4 Å². The topological polar surface area (TPSA) is 96.0 Å². The predicted molar refractivity (Wildman–Crippen MR) is 155 cm³/mol. The van der Waals surface area contributed by atoms with E-state index in [9.17, 15) is 18.0 Å². The Hall–Kier alpha value is -3.85. The minimum absolute atomic E-state index is 0.0516. The molecule has 0 radical (unpaired) electrons. The first-order valence-electron chi connectivity index (χ1n) is 13.7. The lowest BCUT2D eigenvalue weighted by Crippen LogP contribution is -2.52. The van der Waals surface area contributed by atoms with Crippen LogP contribution in [0.1, 0.15) is 45.1 Å². The van der Waals surface area contributed by atoms with Gasteiger partial charge in [-0.1, -0.05) is 73.5 Å². The van der Waals surface area contributed by atoms with Gasteiger partial charge >= 0.3 is 0 Å². The number of para-hydroxylation sites is 2. The van der Waals surface area contributed by atoms with Gasteiger partial charge in [0.1, 0.15) is 18.3 Å². The maximum atomic E-state index is 14.1. The molecule has 1 aliphatic carbocycles. The van der Waals surface area contributed by atoms with Crippen LogP contribution in [0, 0.1) is 0 Å². The van der Waals surface area contributed by atoms with E-state index in [2.05, 4.69) is 5.32 Å². The van der Waals surface area contributed by atoms with Gasteiger partial charge in [0.25, 0.3) is 10.0 Å². The molecular weight excluding hydrogens is 526 g/mol. The number of carbonyl (C=O) groups excluding carboxylic acids is 2. The van der Waals surface area contributed by atoms with E-state index < -0.39 is 28.5 Å². The maximum Gasteiger partial charge on any atom is 0.264 e. The largest absolute Gasteiger partial charge is 0.492 e. The lowest BCUT2D eigenvalue weighted by atomic mass is 10.1. The number of carbonyl (C=O) groups is 2. The molecule has 1 aliphatic rings. The van der Waals surface area contributed by atoms with Crippen molar-refractivity contribution in [2.75, 3.05) is 17.5 Å². The number of nitrogens with zero attached hydrogens (tertiary/aromatic N) is 2. The zero-order valence-corrected chi connectivity index (χ0v) is 23.8. The first kappa shape index (κ1) is 29.1. The van der Waals surface area contributed by atoms with Gasteiger partial charge in [-0.15, -0.1) is 0 Å². The predicted octanol–water partition coefficient (Wildman–Crippen LogP) is 4.76. The van der Waals surface area contributed by atoms with Crippen LogP contribution in [0.25, 0.3) is 0 Å². The molecule has 0 saturated heterocycles. The number of sulfonamides is 1. The third kappa shape index (κ3) is 7.01. The zero-order chi connectivity index (χ0) is 28.5. The van der Waals surface area contributed by atoms with E-state index in [4.69, 9.17) is 4.74 Å². The van der Waals surface area contributed by atoms with Crippen molar-refractivity contribution in [3.8, 4) is 5.75 Å². The Morgan fingerprint density at radius 3 is 2.17 bits per heavy atom. The second-order valence-electron chi connectivity index (χ2n) is 9.90. The van der Waals surface area contributed by atoms with Gasteiger partial charge in [-0.25, -0.2) is 8.42 Å². The van der Waals surface area contributed by atoms with Crippen molar-refractivity contribution in [3.63, 3.8) is 0 Å². The molecule has 0 unspecified atom stereocenters. The highest BCUT2D eigenvalue weighted by atomic mass is 32.2. The molecule has 212 valence electrons. The van der Waals surface area contributed by atoms with Crippen LogP contribution in [0.5, 0.6) is 5.75 Å². The van der Waals surface area contributed by atoms with Gasteiger partial charge in [0.15, 0.2) is 0 Å². The molecule has 1 N–H and O–H groups in total. The smallest absolute Gasteiger partial charge is 0.264 e. The Kier molecular flexibility index (Phi) is 9.82. The highest BCUT2D eigenvalue weighted by Gasteiger charge is 2.34. The molecule has 1 fully saturated rings. The number of ether oxygens (including phenoxy) is 1. The van der Waals surface area contributed by atoms with Crippen LogP contribution in [0.15, 0.2) is 89.8 Å². The molecule has 4 rings (SSSR count). The quantitative estimate of drug-likeness (QED) is 0.343. The van der Waals surface area contributed by atoms with Gasteiger partial charge in [-0.3, -0.25) is 13.9 Å². The fourth-order valence-corrected chi connectivity index (χ4v) is 6.37. The number of amides is 2. The molecule has 0 bridgehead atoms. The number of hydrogen-bond donors (Lipinski definition) is 1. The number of hydrogen-bond acceptors (Lipinski definition) is 5. The van der Waals surface area contributed by atoms with Crippen molar-refractivity contribution in [1.29, 1.82) is 0 Å². The fraction of sp³-hybridized carbons (Fsp3) is 0.355. The van der Waals surface area contributed by atoms with E-state index in [1.165, 1.54) is 17.0 Å². The molecule has 1 saturated carbocycles. The number of benzene rings is 3. The number of anilines is 1. The van der Waals surface area contributed by atoms with Crippen LogP contribution in [-0.2, 0) is 26.2 Å². The Balaban J connectivity index is 1.70. The molecule has 2 amide bonds. The van der Waals surface area contributed by atoms with Crippen LogP contribution in [0.4, 0.5) is 5.69 Å². The number of nitrogens with one attached hydrogen (secondary N) is 1. The summed E-state index contributed by atoms with van der Waals surface area (Å²) in [4.78, 5) is 28.9. The van der Waals surface area contributed by atoms with Crippen molar-refractivity contribution >= 4 is 27.5 Å². The van der Waals surface area contributed by atoms with Crippen LogP contribution in [0.2, 0.25) is 0 Å². The first-order valence-corrected chi connectivity index (χ1v) is 15.2. The molecule has 3 aromatic carbocycles. The fourth-order valence-electron chi connectivity index (χ4n) is 4.93. The van der Waals surface area contributed by atoms with Gasteiger partial charge in [-0.2, -0.15) is 0 Å². The van der Waals surface area contributed by atoms with E-state index in [-0.39, 0.29) is 29.1 Å². The summed E-state index contributed by atoms with van der Waals surface area (Å²) in [6.45, 7) is 3.47. The summed E-state index contributed by atoms with van der Waals surface area (Å²) < 4.78 is 34.8. The second kappa shape index (κ2) is 13.5. The molecule has 0 aromatic heterocycles. The molecule has 0 spiro atoms. The molecule has 0 heterocycles. The van der Waals surface area contributed by atoms with E-state index in [0.29, 0.717) is 12.4 Å². The standard InChI is InChI=1S/C31H37N3O5S/c1-3-39-29-21-13-12-20-28(29)34(40(37,38)27-18-8-5-9-19-27)23-30(35)33(22-25-14-6-4-7-15-25)24(2)31(36)32-26-16-10-11-17-26/h4-9,12-15,18-21,24,26H,3,10-11,16-17,22-23H2,1-2H3,(H,32,36)/t24-/m0/s1.